The molecule has 1 aromatic carbocycles. The predicted molar refractivity (Wildman–Crippen MR) is 50.1 cm³/mol. The van der Waals surface area contributed by atoms with Crippen molar-refractivity contribution in [2.75, 3.05) is 12.3 Å². The first-order valence-corrected chi connectivity index (χ1v) is 4.04. The van der Waals surface area contributed by atoms with Gasteiger partial charge in [-0.25, -0.2) is 4.79 Å². The number of benzene rings is 1. The molecule has 0 bridgehead atoms. The normalized spacial score (nSPS) is 9.79. The third-order valence-electron chi connectivity index (χ3n) is 1.61. The largest absolute Gasteiger partial charge is 0.504 e. The Morgan fingerprint density at radius 2 is 2.14 bits per heavy atom. The Bertz CT molecular complexity index is 362. The second-order valence-electron chi connectivity index (χ2n) is 2.66. The van der Waals surface area contributed by atoms with Crippen LogP contribution in [0, 0.1) is 0 Å². The molecule has 0 atom stereocenters. The van der Waals surface area contributed by atoms with E-state index < -0.39 is 17.5 Å². The van der Waals surface area contributed by atoms with E-state index >= 15 is 0 Å². The molecule has 0 spiro atoms. The van der Waals surface area contributed by atoms with Gasteiger partial charge in [-0.2, -0.15) is 0 Å². The number of rotatable bonds is 2. The number of anilines is 1. The van der Waals surface area contributed by atoms with Crippen molar-refractivity contribution in [3.63, 3.8) is 0 Å². The van der Waals surface area contributed by atoms with Gasteiger partial charge in [-0.1, -0.05) is 0 Å². The van der Waals surface area contributed by atoms with Gasteiger partial charge in [0.1, 0.15) is 5.56 Å². The number of nitrogens with two attached hydrogens (primary N) is 1. The van der Waals surface area contributed by atoms with Crippen LogP contribution in [0.4, 0.5) is 5.69 Å². The summed E-state index contributed by atoms with van der Waals surface area (Å²) in [5.41, 5.74) is 5.43. The summed E-state index contributed by atoms with van der Waals surface area (Å²) in [6, 6.07) is 2.39. The van der Waals surface area contributed by atoms with Crippen LogP contribution in [0.5, 0.6) is 11.5 Å². The highest BCUT2D eigenvalue weighted by Gasteiger charge is 2.16. The molecule has 0 amide bonds. The highest BCUT2D eigenvalue weighted by atomic mass is 16.5. The number of ether oxygens (including phenoxy) is 1. The number of aromatic hydroxyl groups is 2. The zero-order valence-electron chi connectivity index (χ0n) is 7.65. The predicted octanol–water partition coefficient (Wildman–Crippen LogP) is 0.857. The van der Waals surface area contributed by atoms with Gasteiger partial charge >= 0.3 is 5.97 Å². The van der Waals surface area contributed by atoms with E-state index in [4.69, 9.17) is 10.8 Å². The molecule has 76 valence electrons. The minimum Gasteiger partial charge on any atom is -0.504 e. The molecule has 0 aromatic heterocycles. The third-order valence-corrected chi connectivity index (χ3v) is 1.61. The number of carbonyl (C=O) groups is 1. The van der Waals surface area contributed by atoms with E-state index in [0.29, 0.717) is 0 Å². The zero-order valence-corrected chi connectivity index (χ0v) is 7.65. The molecule has 0 aliphatic carbocycles. The lowest BCUT2D eigenvalue weighted by Crippen LogP contribution is -2.05. The van der Waals surface area contributed by atoms with Gasteiger partial charge in [0.2, 0.25) is 0 Å². The average molecular weight is 197 g/mol. The number of phenolic OH excluding ortho intramolecular Hbond substituents is 2. The lowest BCUT2D eigenvalue weighted by molar-refractivity contribution is 0.0522. The van der Waals surface area contributed by atoms with E-state index in [-0.39, 0.29) is 17.9 Å². The first-order valence-electron chi connectivity index (χ1n) is 4.04. The summed E-state index contributed by atoms with van der Waals surface area (Å²) in [5.74, 6) is -1.67. The Kier molecular flexibility index (Phi) is 2.81. The van der Waals surface area contributed by atoms with Gasteiger partial charge in [0.15, 0.2) is 11.5 Å². The summed E-state index contributed by atoms with van der Waals surface area (Å²) < 4.78 is 4.65. The van der Waals surface area contributed by atoms with Crippen molar-refractivity contribution in [3.8, 4) is 11.5 Å². The molecule has 0 radical (unpaired) electrons. The highest BCUT2D eigenvalue weighted by molar-refractivity contribution is 5.94. The summed E-state index contributed by atoms with van der Waals surface area (Å²) in [6.45, 7) is 1.83. The summed E-state index contributed by atoms with van der Waals surface area (Å²) in [6.07, 6.45) is 0. The molecule has 1 aromatic rings. The first kappa shape index (κ1) is 10.2. The van der Waals surface area contributed by atoms with Crippen molar-refractivity contribution in [1.82, 2.24) is 0 Å². The van der Waals surface area contributed by atoms with Crippen molar-refractivity contribution in [2.45, 2.75) is 6.92 Å². The Morgan fingerprint density at radius 3 is 2.71 bits per heavy atom. The second-order valence-corrected chi connectivity index (χ2v) is 2.66. The van der Waals surface area contributed by atoms with E-state index in [1.165, 1.54) is 6.07 Å². The van der Waals surface area contributed by atoms with Crippen LogP contribution < -0.4 is 5.73 Å². The van der Waals surface area contributed by atoms with Crippen LogP contribution in [0.3, 0.4) is 0 Å². The molecule has 0 unspecified atom stereocenters. The molecule has 0 aliphatic heterocycles. The number of phenols is 2. The lowest BCUT2D eigenvalue weighted by Gasteiger charge is -2.06. The topological polar surface area (TPSA) is 92.8 Å². The maximum Gasteiger partial charge on any atom is 0.342 e. The number of nitrogen functional groups attached to an aromatic ring is 1. The molecule has 4 N–H and O–H groups in total. The van der Waals surface area contributed by atoms with Crippen LogP contribution >= 0.6 is 0 Å². The van der Waals surface area contributed by atoms with E-state index in [0.717, 1.165) is 6.07 Å². The minimum atomic E-state index is -0.715. The maximum atomic E-state index is 11.2. The highest BCUT2D eigenvalue weighted by Crippen LogP contribution is 2.31. The minimum absolute atomic E-state index is 0.135. The maximum absolute atomic E-state index is 11.2. The molecule has 14 heavy (non-hydrogen) atoms. The van der Waals surface area contributed by atoms with Crippen LogP contribution in [-0.4, -0.2) is 22.8 Å². The molecule has 1 rings (SSSR count). The van der Waals surface area contributed by atoms with Gasteiger partial charge in [-0.05, 0) is 13.0 Å². The number of hydrogen-bond donors (Lipinski definition) is 3. The van der Waals surface area contributed by atoms with E-state index in [2.05, 4.69) is 4.74 Å². The number of hydrogen-bond acceptors (Lipinski definition) is 5. The molecular formula is C9H11NO4. The summed E-state index contributed by atoms with van der Waals surface area (Å²) in [7, 11) is 0. The van der Waals surface area contributed by atoms with Gasteiger partial charge in [0.05, 0.1) is 6.61 Å². The molecule has 0 heterocycles. The van der Waals surface area contributed by atoms with Gasteiger partial charge in [-0.15, -0.1) is 0 Å². The zero-order chi connectivity index (χ0) is 10.7. The Morgan fingerprint density at radius 1 is 1.50 bits per heavy atom. The van der Waals surface area contributed by atoms with E-state index in [9.17, 15) is 9.90 Å². The SMILES string of the molecule is CCOC(=O)c1cc(N)cc(O)c1O. The van der Waals surface area contributed by atoms with Crippen molar-refractivity contribution in [2.24, 2.45) is 0 Å². The molecule has 0 aliphatic rings. The monoisotopic (exact) mass is 197 g/mol. The molecular weight excluding hydrogens is 186 g/mol. The fraction of sp³-hybridized carbons (Fsp3) is 0.222. The molecule has 0 fully saturated rings. The van der Waals surface area contributed by atoms with Crippen LogP contribution in [0.2, 0.25) is 0 Å². The van der Waals surface area contributed by atoms with Gasteiger partial charge in [0, 0.05) is 11.8 Å². The average Bonchev–Trinajstić information content (AvgIpc) is 2.11. The van der Waals surface area contributed by atoms with Crippen LogP contribution in [0.15, 0.2) is 12.1 Å². The van der Waals surface area contributed by atoms with Gasteiger partial charge in [0.25, 0.3) is 0 Å². The standard InChI is InChI=1S/C9H11NO4/c1-2-14-9(13)6-3-5(10)4-7(11)8(6)12/h3-4,11-12H,2,10H2,1H3. The Labute approximate surface area is 80.7 Å². The number of esters is 1. The van der Waals surface area contributed by atoms with E-state index in [1.807, 2.05) is 0 Å². The smallest absolute Gasteiger partial charge is 0.342 e. The number of carbonyl (C=O) groups excluding carboxylic acids is 1. The molecule has 0 saturated carbocycles. The summed E-state index contributed by atoms with van der Waals surface area (Å²) in [4.78, 5) is 11.2. The van der Waals surface area contributed by atoms with Crippen molar-refractivity contribution >= 4 is 11.7 Å². The van der Waals surface area contributed by atoms with Crippen LogP contribution in [0.1, 0.15) is 17.3 Å². The fourth-order valence-corrected chi connectivity index (χ4v) is 1.01. The van der Waals surface area contributed by atoms with Gasteiger partial charge in [-0.3, -0.25) is 0 Å². The molecule has 0 saturated heterocycles. The van der Waals surface area contributed by atoms with Gasteiger partial charge < -0.3 is 20.7 Å². The Balaban J connectivity index is 3.13. The Hall–Kier alpha value is -1.91. The quantitative estimate of drug-likeness (QED) is 0.283. The molecule has 5 heteroatoms. The summed E-state index contributed by atoms with van der Waals surface area (Å²) in [5, 5.41) is 18.5. The molecule has 5 nitrogen and oxygen atoms in total. The van der Waals surface area contributed by atoms with Crippen LogP contribution in [0.25, 0.3) is 0 Å². The van der Waals surface area contributed by atoms with Crippen LogP contribution in [-0.2, 0) is 4.74 Å². The summed E-state index contributed by atoms with van der Waals surface area (Å²) >= 11 is 0. The fourth-order valence-electron chi connectivity index (χ4n) is 1.01. The van der Waals surface area contributed by atoms with Crippen molar-refractivity contribution in [1.29, 1.82) is 0 Å². The lowest BCUT2D eigenvalue weighted by atomic mass is 10.1. The van der Waals surface area contributed by atoms with Crippen molar-refractivity contribution < 1.29 is 19.7 Å². The second kappa shape index (κ2) is 3.87. The van der Waals surface area contributed by atoms with E-state index in [1.54, 1.807) is 6.92 Å². The van der Waals surface area contributed by atoms with Crippen molar-refractivity contribution in [3.05, 3.63) is 17.7 Å². The first-order chi connectivity index (χ1) is 6.56. The third kappa shape index (κ3) is 1.87.